The third-order valence-electron chi connectivity index (χ3n) is 3.35. The van der Waals surface area contributed by atoms with E-state index >= 15 is 0 Å². The average molecular weight is 362 g/mol. The Morgan fingerprint density at radius 3 is 2.12 bits per heavy atom. The molecule has 132 valence electrons. The maximum Gasteiger partial charge on any atom is 0.265 e. The highest BCUT2D eigenvalue weighted by Gasteiger charge is 2.18. The van der Waals surface area contributed by atoms with Gasteiger partial charge in [0.15, 0.2) is 0 Å². The maximum atomic E-state index is 12.3. The van der Waals surface area contributed by atoms with Crippen molar-refractivity contribution in [1.82, 2.24) is 10.0 Å². The predicted octanol–water partition coefficient (Wildman–Crippen LogP) is 1.45. The Bertz CT molecular complexity index is 859. The van der Waals surface area contributed by atoms with E-state index in [1.165, 1.54) is 38.3 Å². The van der Waals surface area contributed by atoms with E-state index in [9.17, 15) is 18.0 Å². The number of amides is 2. The molecule has 2 aromatic rings. The van der Waals surface area contributed by atoms with Gasteiger partial charge in [-0.3, -0.25) is 9.59 Å². The summed E-state index contributed by atoms with van der Waals surface area (Å²) in [5.41, 5.74) is 0.947. The number of methoxy groups -OCH3 is 1. The first-order valence-electron chi connectivity index (χ1n) is 7.36. The Labute approximate surface area is 146 Å². The van der Waals surface area contributed by atoms with Crippen LogP contribution in [0.4, 0.5) is 0 Å². The summed E-state index contributed by atoms with van der Waals surface area (Å²) in [6.45, 7) is 1.70. The number of carbonyl (C=O) groups excluding carboxylic acids is 2. The van der Waals surface area contributed by atoms with Gasteiger partial charge < -0.3 is 10.1 Å². The Morgan fingerprint density at radius 2 is 1.60 bits per heavy atom. The highest BCUT2D eigenvalue weighted by Crippen LogP contribution is 2.14. The molecule has 0 saturated carbocycles. The number of hydrogen-bond donors (Lipinski definition) is 2. The molecule has 0 atom stereocenters. The van der Waals surface area contributed by atoms with E-state index in [1.807, 2.05) is 4.72 Å². The van der Waals surface area contributed by atoms with Gasteiger partial charge >= 0.3 is 0 Å². The van der Waals surface area contributed by atoms with Gasteiger partial charge in [-0.05, 0) is 42.0 Å². The lowest BCUT2D eigenvalue weighted by Gasteiger charge is -2.09. The first-order chi connectivity index (χ1) is 11.8. The van der Waals surface area contributed by atoms with Crippen LogP contribution in [-0.4, -0.2) is 27.3 Å². The normalized spacial score (nSPS) is 10.8. The summed E-state index contributed by atoms with van der Waals surface area (Å²) in [6.07, 6.45) is 0. The number of nitrogens with one attached hydrogen (secondary N) is 2. The van der Waals surface area contributed by atoms with E-state index in [0.717, 1.165) is 5.56 Å². The van der Waals surface area contributed by atoms with Gasteiger partial charge in [-0.25, -0.2) is 13.1 Å². The molecule has 0 aliphatic carbocycles. The fraction of sp³-hybridized carbons (Fsp3) is 0.176. The summed E-state index contributed by atoms with van der Waals surface area (Å²) < 4.78 is 31.6. The smallest absolute Gasteiger partial charge is 0.265 e. The minimum absolute atomic E-state index is 0.0408. The van der Waals surface area contributed by atoms with Gasteiger partial charge in [0.2, 0.25) is 5.91 Å². The van der Waals surface area contributed by atoms with Crippen molar-refractivity contribution in [3.8, 4) is 5.75 Å². The number of carbonyl (C=O) groups is 2. The molecule has 2 N–H and O–H groups in total. The highest BCUT2D eigenvalue weighted by molar-refractivity contribution is 7.90. The van der Waals surface area contributed by atoms with Crippen LogP contribution in [-0.2, 0) is 21.4 Å². The van der Waals surface area contributed by atoms with Gasteiger partial charge in [-0.1, -0.05) is 12.1 Å². The van der Waals surface area contributed by atoms with Crippen molar-refractivity contribution >= 4 is 21.8 Å². The van der Waals surface area contributed by atoms with Gasteiger partial charge in [-0.2, -0.15) is 0 Å². The van der Waals surface area contributed by atoms with Crippen LogP contribution >= 0.6 is 0 Å². The topological polar surface area (TPSA) is 102 Å². The quantitative estimate of drug-likeness (QED) is 0.810. The van der Waals surface area contributed by atoms with E-state index < -0.39 is 15.9 Å². The fourth-order valence-corrected chi connectivity index (χ4v) is 2.97. The zero-order valence-electron chi connectivity index (χ0n) is 13.8. The van der Waals surface area contributed by atoms with Crippen molar-refractivity contribution < 1.29 is 22.7 Å². The van der Waals surface area contributed by atoms with Crippen molar-refractivity contribution in [3.63, 3.8) is 0 Å². The van der Waals surface area contributed by atoms with E-state index in [2.05, 4.69) is 5.32 Å². The maximum absolute atomic E-state index is 12.3. The van der Waals surface area contributed by atoms with Crippen LogP contribution in [0.2, 0.25) is 0 Å². The lowest BCUT2D eigenvalue weighted by Crippen LogP contribution is -2.30. The number of rotatable bonds is 6. The molecule has 25 heavy (non-hydrogen) atoms. The molecule has 0 saturated heterocycles. The van der Waals surface area contributed by atoms with E-state index in [-0.39, 0.29) is 16.4 Å². The predicted molar refractivity (Wildman–Crippen MR) is 91.6 cm³/mol. The summed E-state index contributed by atoms with van der Waals surface area (Å²) in [5, 5.41) is 2.61. The van der Waals surface area contributed by atoms with Crippen molar-refractivity contribution in [1.29, 1.82) is 0 Å². The third-order valence-corrected chi connectivity index (χ3v) is 4.70. The molecule has 2 aromatic carbocycles. The standard InChI is InChI=1S/C17H18N2O5S/c1-12(20)18-11-13-3-9-16(10-4-13)25(22,23)19-17(21)14-5-7-15(24-2)8-6-14/h3-10H,11H2,1-2H3,(H,18,20)(H,19,21). The first-order valence-corrected chi connectivity index (χ1v) is 8.85. The van der Waals surface area contributed by atoms with E-state index in [1.54, 1.807) is 24.3 Å². The Hall–Kier alpha value is -2.87. The molecule has 0 bridgehead atoms. The molecule has 2 rings (SSSR count). The molecule has 8 heteroatoms. The van der Waals surface area contributed by atoms with Crippen LogP contribution in [0.15, 0.2) is 53.4 Å². The summed E-state index contributed by atoms with van der Waals surface area (Å²) in [6, 6.07) is 12.0. The van der Waals surface area contributed by atoms with Crippen LogP contribution in [0.3, 0.4) is 0 Å². The van der Waals surface area contributed by atoms with Crippen molar-refractivity contribution in [2.24, 2.45) is 0 Å². The lowest BCUT2D eigenvalue weighted by molar-refractivity contribution is -0.119. The van der Waals surface area contributed by atoms with Crippen LogP contribution in [0.1, 0.15) is 22.8 Å². The zero-order chi connectivity index (χ0) is 18.4. The Morgan fingerprint density at radius 1 is 1.00 bits per heavy atom. The minimum atomic E-state index is -3.99. The van der Waals surface area contributed by atoms with Crippen LogP contribution < -0.4 is 14.8 Å². The third kappa shape index (κ3) is 5.05. The highest BCUT2D eigenvalue weighted by atomic mass is 32.2. The monoisotopic (exact) mass is 362 g/mol. The zero-order valence-corrected chi connectivity index (χ0v) is 14.6. The van der Waals surface area contributed by atoms with Gasteiger partial charge in [0.1, 0.15) is 5.75 Å². The van der Waals surface area contributed by atoms with Gasteiger partial charge in [-0.15, -0.1) is 0 Å². The molecule has 0 spiro atoms. The second-order valence-electron chi connectivity index (χ2n) is 5.22. The lowest BCUT2D eigenvalue weighted by atomic mass is 10.2. The van der Waals surface area contributed by atoms with Crippen LogP contribution in [0, 0.1) is 0 Å². The van der Waals surface area contributed by atoms with Crippen molar-refractivity contribution in [3.05, 3.63) is 59.7 Å². The first kappa shape index (κ1) is 18.5. The number of sulfonamides is 1. The second kappa shape index (κ2) is 7.80. The van der Waals surface area contributed by atoms with Gasteiger partial charge in [0.05, 0.1) is 12.0 Å². The van der Waals surface area contributed by atoms with Crippen LogP contribution in [0.5, 0.6) is 5.75 Å². The summed E-state index contributed by atoms with van der Waals surface area (Å²) in [5.74, 6) is -0.345. The van der Waals surface area contributed by atoms with Crippen LogP contribution in [0.25, 0.3) is 0 Å². The summed E-state index contributed by atoms with van der Waals surface area (Å²) in [4.78, 5) is 22.9. The number of benzene rings is 2. The molecule has 0 aliphatic heterocycles. The summed E-state index contributed by atoms with van der Waals surface area (Å²) in [7, 11) is -2.49. The molecule has 0 aliphatic rings. The Kier molecular flexibility index (Phi) is 5.76. The fourth-order valence-electron chi connectivity index (χ4n) is 2.00. The molecule has 0 unspecified atom stereocenters. The van der Waals surface area contributed by atoms with Gasteiger partial charge in [0, 0.05) is 19.0 Å². The van der Waals surface area contributed by atoms with E-state index in [4.69, 9.17) is 4.74 Å². The average Bonchev–Trinajstić information content (AvgIpc) is 2.60. The molecule has 0 fully saturated rings. The SMILES string of the molecule is COc1ccc(C(=O)NS(=O)(=O)c2ccc(CNC(C)=O)cc2)cc1. The van der Waals surface area contributed by atoms with Gasteiger partial charge in [0.25, 0.3) is 15.9 Å². The van der Waals surface area contributed by atoms with E-state index in [0.29, 0.717) is 12.3 Å². The van der Waals surface area contributed by atoms with Crippen molar-refractivity contribution in [2.45, 2.75) is 18.4 Å². The number of hydrogen-bond acceptors (Lipinski definition) is 5. The molecule has 0 heterocycles. The van der Waals surface area contributed by atoms with Crippen molar-refractivity contribution in [2.75, 3.05) is 7.11 Å². The summed E-state index contributed by atoms with van der Waals surface area (Å²) >= 11 is 0. The molecule has 0 radical (unpaired) electrons. The molecule has 0 aromatic heterocycles. The molecular weight excluding hydrogens is 344 g/mol. The Balaban J connectivity index is 2.09. The second-order valence-corrected chi connectivity index (χ2v) is 6.90. The largest absolute Gasteiger partial charge is 0.497 e. The molecular formula is C17H18N2O5S. The molecule has 2 amide bonds. The number of ether oxygens (including phenoxy) is 1. The minimum Gasteiger partial charge on any atom is -0.497 e. The molecule has 7 nitrogen and oxygen atoms in total.